The number of aliphatic carboxylic acids is 1. The van der Waals surface area contributed by atoms with Crippen LogP contribution in [0.2, 0.25) is 0 Å². The van der Waals surface area contributed by atoms with Gasteiger partial charge in [-0.25, -0.2) is 9.59 Å². The van der Waals surface area contributed by atoms with Crippen molar-refractivity contribution in [1.82, 2.24) is 10.2 Å². The van der Waals surface area contributed by atoms with Crippen molar-refractivity contribution in [3.05, 3.63) is 0 Å². The third kappa shape index (κ3) is 3.96. The van der Waals surface area contributed by atoms with Crippen LogP contribution < -0.4 is 5.32 Å². The molecule has 1 rings (SSSR count). The van der Waals surface area contributed by atoms with Crippen molar-refractivity contribution < 1.29 is 19.8 Å². The number of carbonyl (C=O) groups is 2. The first-order valence-electron chi connectivity index (χ1n) is 5.44. The Bertz CT molecular complexity index is 337. The van der Waals surface area contributed by atoms with E-state index in [2.05, 4.69) is 11.2 Å². The minimum Gasteiger partial charge on any atom is -0.480 e. The van der Waals surface area contributed by atoms with Crippen LogP contribution in [-0.2, 0) is 4.79 Å². The van der Waals surface area contributed by atoms with Gasteiger partial charge in [0.05, 0.1) is 6.10 Å². The van der Waals surface area contributed by atoms with Crippen molar-refractivity contribution in [2.24, 2.45) is 0 Å². The van der Waals surface area contributed by atoms with Crippen LogP contribution in [0.4, 0.5) is 4.79 Å². The predicted molar refractivity (Wildman–Crippen MR) is 60.2 cm³/mol. The summed E-state index contributed by atoms with van der Waals surface area (Å²) in [7, 11) is 0. The molecule has 2 atom stereocenters. The van der Waals surface area contributed by atoms with Crippen molar-refractivity contribution in [1.29, 1.82) is 0 Å². The number of aliphatic hydroxyl groups excluding tert-OH is 1. The van der Waals surface area contributed by atoms with Gasteiger partial charge in [-0.05, 0) is 12.8 Å². The number of carboxylic acid groups (broad SMARTS) is 1. The molecule has 1 aliphatic heterocycles. The lowest BCUT2D eigenvalue weighted by atomic mass is 10.1. The summed E-state index contributed by atoms with van der Waals surface area (Å²) in [5.74, 6) is 1.04. The molecule has 6 heteroatoms. The van der Waals surface area contributed by atoms with E-state index in [1.54, 1.807) is 0 Å². The molecule has 17 heavy (non-hydrogen) atoms. The van der Waals surface area contributed by atoms with Crippen LogP contribution in [0.5, 0.6) is 0 Å². The lowest BCUT2D eigenvalue weighted by Crippen LogP contribution is -2.51. The molecular weight excluding hydrogens is 224 g/mol. The van der Waals surface area contributed by atoms with Crippen LogP contribution in [0.3, 0.4) is 0 Å². The number of terminal acetylenes is 1. The van der Waals surface area contributed by atoms with Gasteiger partial charge < -0.3 is 20.4 Å². The maximum Gasteiger partial charge on any atom is 0.327 e. The minimum absolute atomic E-state index is 0.0581. The van der Waals surface area contributed by atoms with E-state index >= 15 is 0 Å². The zero-order valence-electron chi connectivity index (χ0n) is 9.43. The number of aliphatic hydroxyl groups is 1. The number of hydrogen-bond acceptors (Lipinski definition) is 3. The molecule has 0 aromatic heterocycles. The van der Waals surface area contributed by atoms with Crippen LogP contribution in [-0.4, -0.2) is 52.3 Å². The zero-order chi connectivity index (χ0) is 12.8. The van der Waals surface area contributed by atoms with Crippen LogP contribution in [0, 0.1) is 12.3 Å². The van der Waals surface area contributed by atoms with Crippen molar-refractivity contribution in [3.63, 3.8) is 0 Å². The van der Waals surface area contributed by atoms with Crippen LogP contribution in [0.15, 0.2) is 0 Å². The smallest absolute Gasteiger partial charge is 0.327 e. The number of β-amino-alcohol motifs (C(OH)–C–C–N with tert-alkyl or cyclic N) is 1. The van der Waals surface area contributed by atoms with Crippen molar-refractivity contribution in [3.8, 4) is 12.3 Å². The van der Waals surface area contributed by atoms with Crippen molar-refractivity contribution >= 4 is 12.0 Å². The number of piperidine rings is 1. The van der Waals surface area contributed by atoms with Gasteiger partial charge in [0.1, 0.15) is 6.04 Å². The first-order chi connectivity index (χ1) is 8.04. The van der Waals surface area contributed by atoms with Gasteiger partial charge in [-0.2, -0.15) is 0 Å². The molecule has 3 N–H and O–H groups in total. The van der Waals surface area contributed by atoms with Crippen molar-refractivity contribution in [2.75, 3.05) is 13.1 Å². The Labute approximate surface area is 99.6 Å². The predicted octanol–water partition coefficient (Wildman–Crippen LogP) is -0.371. The normalized spacial score (nSPS) is 21.4. The number of nitrogens with one attached hydrogen (secondary N) is 1. The summed E-state index contributed by atoms with van der Waals surface area (Å²) < 4.78 is 0. The summed E-state index contributed by atoms with van der Waals surface area (Å²) >= 11 is 0. The molecule has 0 aliphatic carbocycles. The Kier molecular flexibility index (Phi) is 4.79. The van der Waals surface area contributed by atoms with E-state index in [0.29, 0.717) is 19.4 Å². The van der Waals surface area contributed by atoms with Gasteiger partial charge in [0.2, 0.25) is 0 Å². The van der Waals surface area contributed by atoms with Crippen LogP contribution >= 0.6 is 0 Å². The molecule has 1 heterocycles. The van der Waals surface area contributed by atoms with E-state index in [4.69, 9.17) is 11.5 Å². The monoisotopic (exact) mass is 240 g/mol. The highest BCUT2D eigenvalue weighted by atomic mass is 16.4. The maximum atomic E-state index is 11.7. The number of urea groups is 1. The van der Waals surface area contributed by atoms with Gasteiger partial charge in [0.25, 0.3) is 0 Å². The van der Waals surface area contributed by atoms with Gasteiger partial charge >= 0.3 is 12.0 Å². The summed E-state index contributed by atoms with van der Waals surface area (Å²) in [5.41, 5.74) is 0. The molecule has 0 spiro atoms. The number of nitrogens with zero attached hydrogens (tertiary/aromatic N) is 1. The highest BCUT2D eigenvalue weighted by Crippen LogP contribution is 2.10. The Morgan fingerprint density at radius 2 is 2.29 bits per heavy atom. The third-order valence-corrected chi connectivity index (χ3v) is 2.60. The summed E-state index contributed by atoms with van der Waals surface area (Å²) in [6.07, 6.45) is 5.80. The fraction of sp³-hybridized carbons (Fsp3) is 0.636. The van der Waals surface area contributed by atoms with E-state index < -0.39 is 24.1 Å². The van der Waals surface area contributed by atoms with Gasteiger partial charge in [0, 0.05) is 19.5 Å². The number of likely N-dealkylation sites (tertiary alicyclic amines) is 1. The Morgan fingerprint density at radius 1 is 1.59 bits per heavy atom. The van der Waals surface area contributed by atoms with Crippen molar-refractivity contribution in [2.45, 2.75) is 31.4 Å². The quantitative estimate of drug-likeness (QED) is 0.587. The summed E-state index contributed by atoms with van der Waals surface area (Å²) in [5, 5.41) is 20.6. The summed E-state index contributed by atoms with van der Waals surface area (Å²) in [4.78, 5) is 23.9. The Balaban J connectivity index is 2.52. The molecule has 1 saturated heterocycles. The largest absolute Gasteiger partial charge is 0.480 e. The minimum atomic E-state index is -1.16. The number of amides is 2. The fourth-order valence-electron chi connectivity index (χ4n) is 1.70. The van der Waals surface area contributed by atoms with Gasteiger partial charge in [-0.15, -0.1) is 12.3 Å². The van der Waals surface area contributed by atoms with Crippen LogP contribution in [0.25, 0.3) is 0 Å². The molecule has 6 nitrogen and oxygen atoms in total. The molecule has 0 aromatic carbocycles. The highest BCUT2D eigenvalue weighted by Gasteiger charge is 2.25. The molecule has 2 amide bonds. The molecular formula is C11H16N2O4. The van der Waals surface area contributed by atoms with E-state index in [-0.39, 0.29) is 13.0 Å². The topological polar surface area (TPSA) is 89.9 Å². The Hall–Kier alpha value is -1.74. The van der Waals surface area contributed by atoms with Gasteiger partial charge in [-0.3, -0.25) is 0 Å². The third-order valence-electron chi connectivity index (χ3n) is 2.60. The van der Waals surface area contributed by atoms with Gasteiger partial charge in [-0.1, -0.05) is 0 Å². The van der Waals surface area contributed by atoms with E-state index in [9.17, 15) is 14.7 Å². The number of carbonyl (C=O) groups excluding carboxylic acids is 1. The molecule has 94 valence electrons. The summed E-state index contributed by atoms with van der Waals surface area (Å²) in [6, 6.07) is -1.57. The lowest BCUT2D eigenvalue weighted by Gasteiger charge is -2.30. The molecule has 1 aliphatic rings. The maximum absolute atomic E-state index is 11.7. The van der Waals surface area contributed by atoms with E-state index in [1.165, 1.54) is 4.90 Å². The lowest BCUT2D eigenvalue weighted by molar-refractivity contribution is -0.139. The molecule has 1 fully saturated rings. The SMILES string of the molecule is C#CCC(NC(=O)N1CCCC(O)C1)C(=O)O. The second kappa shape index (κ2) is 6.11. The second-order valence-electron chi connectivity index (χ2n) is 3.99. The van der Waals surface area contributed by atoms with Crippen LogP contribution in [0.1, 0.15) is 19.3 Å². The first kappa shape index (κ1) is 13.3. The fourth-order valence-corrected chi connectivity index (χ4v) is 1.70. The summed E-state index contributed by atoms with van der Waals surface area (Å²) in [6.45, 7) is 0.750. The first-order valence-corrected chi connectivity index (χ1v) is 5.44. The average Bonchev–Trinajstić information content (AvgIpc) is 2.28. The van der Waals surface area contributed by atoms with Gasteiger partial charge in [0.15, 0.2) is 0 Å². The number of rotatable bonds is 3. The standard InChI is InChI=1S/C11H16N2O4/c1-2-4-9(10(15)16)12-11(17)13-6-3-5-8(14)7-13/h1,8-9,14H,3-7H2,(H,12,17)(H,15,16). The average molecular weight is 240 g/mol. The second-order valence-corrected chi connectivity index (χ2v) is 3.99. The zero-order valence-corrected chi connectivity index (χ0v) is 9.43. The Morgan fingerprint density at radius 3 is 2.82 bits per heavy atom. The molecule has 2 unspecified atom stereocenters. The molecule has 0 saturated carbocycles. The van der Waals surface area contributed by atoms with E-state index in [0.717, 1.165) is 0 Å². The van der Waals surface area contributed by atoms with E-state index in [1.807, 2.05) is 0 Å². The number of carboxylic acids is 1. The highest BCUT2D eigenvalue weighted by molar-refractivity contribution is 5.82. The molecule has 0 aromatic rings. The number of hydrogen-bond donors (Lipinski definition) is 3. The molecule has 0 radical (unpaired) electrons. The molecule has 0 bridgehead atoms.